The van der Waals surface area contributed by atoms with Crippen molar-refractivity contribution < 1.29 is 14.9 Å². The Kier molecular flexibility index (Phi) is 6.08. The monoisotopic (exact) mass is 224 g/mol. The van der Waals surface area contributed by atoms with Crippen LogP contribution in [-0.4, -0.2) is 36.1 Å². The van der Waals surface area contributed by atoms with Gasteiger partial charge in [-0.1, -0.05) is 30.3 Å². The van der Waals surface area contributed by atoms with Gasteiger partial charge in [0.2, 0.25) is 0 Å². The molecule has 0 unspecified atom stereocenters. The van der Waals surface area contributed by atoms with Crippen molar-refractivity contribution in [2.75, 3.05) is 13.7 Å². The number of methoxy groups -OCH3 is 1. The van der Waals surface area contributed by atoms with Crippen LogP contribution in [-0.2, 0) is 11.2 Å². The molecule has 0 aliphatic rings. The van der Waals surface area contributed by atoms with Crippen LogP contribution in [0.15, 0.2) is 30.3 Å². The average Bonchev–Trinajstić information content (AvgIpc) is 2.35. The van der Waals surface area contributed by atoms with Gasteiger partial charge in [0.25, 0.3) is 0 Å². The Labute approximate surface area is 96.7 Å². The molecular formula is C13H20O3. The first kappa shape index (κ1) is 13.2. The molecule has 0 saturated carbocycles. The minimum absolute atomic E-state index is 0.101. The number of benzene rings is 1. The normalized spacial score (nSPS) is 14.7. The maximum absolute atomic E-state index is 9.26. The zero-order chi connectivity index (χ0) is 11.8. The van der Waals surface area contributed by atoms with Crippen molar-refractivity contribution >= 4 is 0 Å². The van der Waals surface area contributed by atoms with E-state index in [2.05, 4.69) is 12.1 Å². The van der Waals surface area contributed by atoms with E-state index in [1.54, 1.807) is 7.11 Å². The third-order valence-electron chi connectivity index (χ3n) is 2.67. The molecule has 0 aliphatic heterocycles. The fourth-order valence-corrected chi connectivity index (χ4v) is 1.65. The molecule has 3 heteroatoms. The van der Waals surface area contributed by atoms with Crippen LogP contribution in [0, 0.1) is 0 Å². The Hall–Kier alpha value is -0.900. The molecule has 0 bridgehead atoms. The molecule has 0 radical (unpaired) electrons. The molecule has 2 atom stereocenters. The minimum Gasteiger partial charge on any atom is -0.394 e. The van der Waals surface area contributed by atoms with Crippen molar-refractivity contribution in [2.45, 2.75) is 31.5 Å². The Morgan fingerprint density at radius 1 is 1.19 bits per heavy atom. The molecule has 1 rings (SSSR count). The van der Waals surface area contributed by atoms with Gasteiger partial charge in [-0.2, -0.15) is 0 Å². The van der Waals surface area contributed by atoms with E-state index in [-0.39, 0.29) is 12.7 Å². The number of hydrogen-bond donors (Lipinski definition) is 2. The van der Waals surface area contributed by atoms with E-state index in [0.717, 1.165) is 12.8 Å². The summed E-state index contributed by atoms with van der Waals surface area (Å²) in [5, 5.41) is 18.0. The highest BCUT2D eigenvalue weighted by Gasteiger charge is 2.11. The molecule has 0 fully saturated rings. The van der Waals surface area contributed by atoms with Gasteiger partial charge in [0, 0.05) is 7.11 Å². The van der Waals surface area contributed by atoms with Gasteiger partial charge >= 0.3 is 0 Å². The van der Waals surface area contributed by atoms with Crippen molar-refractivity contribution in [3.8, 4) is 0 Å². The lowest BCUT2D eigenvalue weighted by Crippen LogP contribution is -2.19. The molecule has 0 saturated heterocycles. The molecule has 16 heavy (non-hydrogen) atoms. The molecule has 0 aromatic heterocycles. The maximum Gasteiger partial charge on any atom is 0.0771 e. The largest absolute Gasteiger partial charge is 0.394 e. The van der Waals surface area contributed by atoms with Crippen LogP contribution in [0.2, 0.25) is 0 Å². The molecule has 2 N–H and O–H groups in total. The number of rotatable bonds is 7. The molecule has 0 aliphatic carbocycles. The predicted octanol–water partition coefficient (Wildman–Crippen LogP) is 1.38. The highest BCUT2D eigenvalue weighted by atomic mass is 16.5. The summed E-state index contributed by atoms with van der Waals surface area (Å²) in [6.45, 7) is -0.179. The van der Waals surface area contributed by atoms with E-state index in [4.69, 9.17) is 9.84 Å². The molecule has 0 heterocycles. The molecule has 90 valence electrons. The minimum atomic E-state index is -0.631. The van der Waals surface area contributed by atoms with E-state index >= 15 is 0 Å². The Bertz CT molecular complexity index is 274. The average molecular weight is 224 g/mol. The number of aliphatic hydroxyl groups excluding tert-OH is 2. The van der Waals surface area contributed by atoms with Crippen molar-refractivity contribution in [2.24, 2.45) is 0 Å². The predicted molar refractivity (Wildman–Crippen MR) is 63.3 cm³/mol. The molecule has 1 aromatic rings. The summed E-state index contributed by atoms with van der Waals surface area (Å²) in [6, 6.07) is 10.1. The van der Waals surface area contributed by atoms with Gasteiger partial charge in [0.1, 0.15) is 0 Å². The second-order valence-corrected chi connectivity index (χ2v) is 3.96. The van der Waals surface area contributed by atoms with E-state index in [1.807, 2.05) is 18.2 Å². The maximum atomic E-state index is 9.26. The van der Waals surface area contributed by atoms with Gasteiger partial charge in [-0.15, -0.1) is 0 Å². The highest BCUT2D eigenvalue weighted by Crippen LogP contribution is 2.11. The fourth-order valence-electron chi connectivity index (χ4n) is 1.65. The van der Waals surface area contributed by atoms with Crippen molar-refractivity contribution in [3.63, 3.8) is 0 Å². The van der Waals surface area contributed by atoms with E-state index in [9.17, 15) is 5.11 Å². The number of ether oxygens (including phenoxy) is 1. The van der Waals surface area contributed by atoms with E-state index in [1.165, 1.54) is 5.56 Å². The van der Waals surface area contributed by atoms with E-state index < -0.39 is 6.10 Å². The molecule has 1 aromatic carbocycles. The third kappa shape index (κ3) is 4.75. The molecule has 3 nitrogen and oxygen atoms in total. The first-order chi connectivity index (χ1) is 7.76. The van der Waals surface area contributed by atoms with Crippen LogP contribution in [0.25, 0.3) is 0 Å². The van der Waals surface area contributed by atoms with Crippen LogP contribution in [0.4, 0.5) is 0 Å². The summed E-state index contributed by atoms with van der Waals surface area (Å²) in [7, 11) is 1.68. The zero-order valence-corrected chi connectivity index (χ0v) is 9.67. The lowest BCUT2D eigenvalue weighted by molar-refractivity contribution is 0.0513. The quantitative estimate of drug-likeness (QED) is 0.735. The van der Waals surface area contributed by atoms with Crippen LogP contribution < -0.4 is 0 Å². The summed E-state index contributed by atoms with van der Waals surface area (Å²) in [6.07, 6.45) is 1.64. The highest BCUT2D eigenvalue weighted by molar-refractivity contribution is 5.15. The first-order valence-electron chi connectivity index (χ1n) is 5.62. The van der Waals surface area contributed by atoms with Gasteiger partial charge in [0.15, 0.2) is 0 Å². The molecule has 0 amide bonds. The van der Waals surface area contributed by atoms with Gasteiger partial charge in [0.05, 0.1) is 18.8 Å². The second kappa shape index (κ2) is 7.39. The molecule has 0 spiro atoms. The lowest BCUT2D eigenvalue weighted by Gasteiger charge is -2.16. The Morgan fingerprint density at radius 2 is 1.88 bits per heavy atom. The van der Waals surface area contributed by atoms with Crippen molar-refractivity contribution in [1.82, 2.24) is 0 Å². The summed E-state index contributed by atoms with van der Waals surface area (Å²) in [5.41, 5.74) is 1.23. The van der Waals surface area contributed by atoms with Crippen molar-refractivity contribution in [3.05, 3.63) is 35.9 Å². The van der Waals surface area contributed by atoms with Crippen LogP contribution in [0.1, 0.15) is 18.4 Å². The van der Waals surface area contributed by atoms with Crippen LogP contribution in [0.3, 0.4) is 0 Å². The lowest BCUT2D eigenvalue weighted by atomic mass is 10.0. The summed E-state index contributed by atoms with van der Waals surface area (Å²) in [5.74, 6) is 0. The summed E-state index contributed by atoms with van der Waals surface area (Å²) < 4.78 is 5.36. The zero-order valence-electron chi connectivity index (χ0n) is 9.67. The van der Waals surface area contributed by atoms with Gasteiger partial charge in [-0.3, -0.25) is 0 Å². The number of aliphatic hydroxyl groups is 2. The van der Waals surface area contributed by atoms with Crippen molar-refractivity contribution in [1.29, 1.82) is 0 Å². The third-order valence-corrected chi connectivity index (χ3v) is 2.67. The van der Waals surface area contributed by atoms with Crippen LogP contribution >= 0.6 is 0 Å². The Morgan fingerprint density at radius 3 is 2.44 bits per heavy atom. The summed E-state index contributed by atoms with van der Waals surface area (Å²) in [4.78, 5) is 0. The first-order valence-corrected chi connectivity index (χ1v) is 5.62. The summed E-state index contributed by atoms with van der Waals surface area (Å²) >= 11 is 0. The van der Waals surface area contributed by atoms with Gasteiger partial charge in [-0.05, 0) is 24.8 Å². The SMILES string of the molecule is CO[C@H](CC[C@H](O)CO)Cc1ccccc1. The Balaban J connectivity index is 2.37. The van der Waals surface area contributed by atoms with E-state index in [0.29, 0.717) is 6.42 Å². The topological polar surface area (TPSA) is 49.7 Å². The van der Waals surface area contributed by atoms with Gasteiger partial charge in [-0.25, -0.2) is 0 Å². The second-order valence-electron chi connectivity index (χ2n) is 3.96. The smallest absolute Gasteiger partial charge is 0.0771 e. The van der Waals surface area contributed by atoms with Gasteiger partial charge < -0.3 is 14.9 Å². The van der Waals surface area contributed by atoms with Crippen LogP contribution in [0.5, 0.6) is 0 Å². The number of hydrogen-bond acceptors (Lipinski definition) is 3. The molecular weight excluding hydrogens is 204 g/mol. The standard InChI is InChI=1S/C13H20O3/c1-16-13(8-7-12(15)10-14)9-11-5-3-2-4-6-11/h2-6,12-15H,7-10H2,1H3/t12-,13+/m0/s1. The fraction of sp³-hybridized carbons (Fsp3) is 0.538.